The molecule has 0 aliphatic rings. The molecule has 4 aromatic rings. The minimum absolute atomic E-state index is 0.697. The minimum atomic E-state index is 0.697. The van der Waals surface area contributed by atoms with Crippen LogP contribution in [0.5, 0.6) is 0 Å². The smallest absolute Gasteiger partial charge is 0.199 e. The molecule has 0 spiro atoms. The molecule has 0 unspecified atom stereocenters. The van der Waals surface area contributed by atoms with E-state index in [0.717, 1.165) is 33.6 Å². The number of rotatable bonds is 5. The molecular weight excluding hydrogens is 408 g/mol. The van der Waals surface area contributed by atoms with Gasteiger partial charge in [0.15, 0.2) is 10.3 Å². The van der Waals surface area contributed by atoms with Crippen LogP contribution in [0.3, 0.4) is 0 Å². The Hall–Kier alpha value is -2.70. The Bertz CT molecular complexity index is 1080. The highest BCUT2D eigenvalue weighted by atomic mass is 33.1. The van der Waals surface area contributed by atoms with Crippen LogP contribution < -0.4 is 0 Å². The molecule has 0 radical (unpaired) electrons. The standard InChI is InChI=1S/C24H22N4S2/c1-15-5-9-19(10-6-15)21-17(3)13-25-23(27-21)29-30-24-26-14-18(4)22(28-24)20-11-7-16(2)8-12-20/h5-14H,1-4H3. The van der Waals surface area contributed by atoms with Crippen LogP contribution in [0, 0.1) is 27.7 Å². The summed E-state index contributed by atoms with van der Waals surface area (Å²) >= 11 is 0. The van der Waals surface area contributed by atoms with E-state index in [2.05, 4.69) is 72.3 Å². The molecule has 0 saturated heterocycles. The molecule has 0 N–H and O–H groups in total. The Labute approximate surface area is 185 Å². The molecule has 30 heavy (non-hydrogen) atoms. The number of aromatic nitrogens is 4. The fraction of sp³-hybridized carbons (Fsp3) is 0.167. The van der Waals surface area contributed by atoms with Gasteiger partial charge in [-0.05, 0) is 60.4 Å². The average Bonchev–Trinajstić information content (AvgIpc) is 2.75. The van der Waals surface area contributed by atoms with Gasteiger partial charge in [0.1, 0.15) is 0 Å². The lowest BCUT2D eigenvalue weighted by molar-refractivity contribution is 0.956. The molecule has 0 amide bonds. The van der Waals surface area contributed by atoms with E-state index in [1.807, 2.05) is 26.2 Å². The molecule has 0 bridgehead atoms. The Morgan fingerprint density at radius 2 is 0.900 bits per heavy atom. The molecule has 4 nitrogen and oxygen atoms in total. The minimum Gasteiger partial charge on any atom is -0.230 e. The SMILES string of the molecule is Cc1ccc(-c2nc(SSc3ncc(C)c(-c4ccc(C)cc4)n3)ncc2C)cc1. The zero-order valence-electron chi connectivity index (χ0n) is 17.4. The lowest BCUT2D eigenvalue weighted by atomic mass is 10.1. The summed E-state index contributed by atoms with van der Waals surface area (Å²) in [7, 11) is 2.95. The molecule has 150 valence electrons. The number of hydrogen-bond acceptors (Lipinski definition) is 6. The first-order chi connectivity index (χ1) is 14.5. The highest BCUT2D eigenvalue weighted by Gasteiger charge is 2.11. The molecular formula is C24H22N4S2. The normalized spacial score (nSPS) is 10.9. The lowest BCUT2D eigenvalue weighted by Crippen LogP contribution is -1.95. The van der Waals surface area contributed by atoms with E-state index in [-0.39, 0.29) is 0 Å². The summed E-state index contributed by atoms with van der Waals surface area (Å²) in [6, 6.07) is 16.8. The van der Waals surface area contributed by atoms with Gasteiger partial charge in [-0.25, -0.2) is 19.9 Å². The van der Waals surface area contributed by atoms with Gasteiger partial charge in [-0.2, -0.15) is 0 Å². The van der Waals surface area contributed by atoms with E-state index in [1.54, 1.807) is 0 Å². The van der Waals surface area contributed by atoms with Crippen molar-refractivity contribution in [2.75, 3.05) is 0 Å². The third-order valence-electron chi connectivity index (χ3n) is 4.74. The summed E-state index contributed by atoms with van der Waals surface area (Å²) in [4.78, 5) is 18.5. The van der Waals surface area contributed by atoms with Crippen molar-refractivity contribution in [2.45, 2.75) is 38.0 Å². The van der Waals surface area contributed by atoms with Crippen molar-refractivity contribution in [1.82, 2.24) is 19.9 Å². The van der Waals surface area contributed by atoms with Gasteiger partial charge < -0.3 is 0 Å². The summed E-state index contributed by atoms with van der Waals surface area (Å²) in [5.74, 6) is 0. The van der Waals surface area contributed by atoms with E-state index >= 15 is 0 Å². The molecule has 4 rings (SSSR count). The second-order valence-electron chi connectivity index (χ2n) is 7.27. The van der Waals surface area contributed by atoms with Gasteiger partial charge in [0, 0.05) is 23.5 Å². The first-order valence-electron chi connectivity index (χ1n) is 9.65. The maximum atomic E-state index is 4.77. The number of aryl methyl sites for hydroxylation is 4. The Morgan fingerprint density at radius 1 is 0.533 bits per heavy atom. The molecule has 2 heterocycles. The third kappa shape index (κ3) is 4.71. The lowest BCUT2D eigenvalue weighted by Gasteiger charge is -2.08. The fourth-order valence-electron chi connectivity index (χ4n) is 3.01. The molecule has 2 aromatic carbocycles. The number of benzene rings is 2. The van der Waals surface area contributed by atoms with Gasteiger partial charge in [-0.15, -0.1) is 0 Å². The van der Waals surface area contributed by atoms with Crippen LogP contribution in [0.15, 0.2) is 71.2 Å². The fourth-order valence-corrected chi connectivity index (χ4v) is 4.54. The van der Waals surface area contributed by atoms with Gasteiger partial charge in [-0.1, -0.05) is 59.7 Å². The van der Waals surface area contributed by atoms with Gasteiger partial charge in [0.2, 0.25) is 0 Å². The molecule has 0 aliphatic carbocycles. The largest absolute Gasteiger partial charge is 0.230 e. The van der Waals surface area contributed by atoms with Crippen molar-refractivity contribution in [3.63, 3.8) is 0 Å². The van der Waals surface area contributed by atoms with Crippen molar-refractivity contribution in [3.05, 3.63) is 83.2 Å². The second-order valence-corrected chi connectivity index (χ2v) is 9.33. The van der Waals surface area contributed by atoms with Gasteiger partial charge >= 0.3 is 0 Å². The predicted octanol–water partition coefficient (Wildman–Crippen LogP) is 6.63. The summed E-state index contributed by atoms with van der Waals surface area (Å²) in [6.45, 7) is 8.24. The van der Waals surface area contributed by atoms with E-state index in [0.29, 0.717) is 10.3 Å². The van der Waals surface area contributed by atoms with Crippen LogP contribution >= 0.6 is 21.6 Å². The molecule has 0 fully saturated rings. The first-order valence-corrected chi connectivity index (χ1v) is 11.8. The quantitative estimate of drug-likeness (QED) is 0.261. The summed E-state index contributed by atoms with van der Waals surface area (Å²) in [5.41, 5.74) is 8.69. The third-order valence-corrected chi connectivity index (χ3v) is 6.66. The van der Waals surface area contributed by atoms with Crippen LogP contribution in [0.2, 0.25) is 0 Å². The van der Waals surface area contributed by atoms with Crippen LogP contribution in [0.4, 0.5) is 0 Å². The number of hydrogen-bond donors (Lipinski definition) is 0. The van der Waals surface area contributed by atoms with E-state index in [1.165, 1.54) is 32.7 Å². The number of nitrogens with zero attached hydrogens (tertiary/aromatic N) is 4. The first kappa shape index (κ1) is 20.6. The zero-order chi connectivity index (χ0) is 21.1. The Balaban J connectivity index is 1.55. The molecule has 6 heteroatoms. The zero-order valence-corrected chi connectivity index (χ0v) is 19.0. The highest BCUT2D eigenvalue weighted by molar-refractivity contribution is 8.76. The van der Waals surface area contributed by atoms with Crippen LogP contribution in [-0.2, 0) is 0 Å². The van der Waals surface area contributed by atoms with Gasteiger partial charge in [0.05, 0.1) is 11.4 Å². The highest BCUT2D eigenvalue weighted by Crippen LogP contribution is 2.35. The van der Waals surface area contributed by atoms with E-state index < -0.39 is 0 Å². The van der Waals surface area contributed by atoms with E-state index in [9.17, 15) is 0 Å². The summed E-state index contributed by atoms with van der Waals surface area (Å²) in [6.07, 6.45) is 3.75. The van der Waals surface area contributed by atoms with Crippen molar-refractivity contribution in [1.29, 1.82) is 0 Å². The Kier molecular flexibility index (Phi) is 6.16. The van der Waals surface area contributed by atoms with Crippen molar-refractivity contribution >= 4 is 21.6 Å². The maximum Gasteiger partial charge on any atom is 0.199 e. The van der Waals surface area contributed by atoms with Crippen molar-refractivity contribution in [2.24, 2.45) is 0 Å². The van der Waals surface area contributed by atoms with Crippen molar-refractivity contribution < 1.29 is 0 Å². The molecule has 2 aromatic heterocycles. The van der Waals surface area contributed by atoms with Gasteiger partial charge in [-0.3, -0.25) is 0 Å². The predicted molar refractivity (Wildman–Crippen MR) is 126 cm³/mol. The average molecular weight is 431 g/mol. The van der Waals surface area contributed by atoms with Crippen molar-refractivity contribution in [3.8, 4) is 22.5 Å². The van der Waals surface area contributed by atoms with Gasteiger partial charge in [0.25, 0.3) is 0 Å². The van der Waals surface area contributed by atoms with Crippen LogP contribution in [0.25, 0.3) is 22.5 Å². The monoisotopic (exact) mass is 430 g/mol. The molecule has 0 atom stereocenters. The van der Waals surface area contributed by atoms with Crippen LogP contribution in [-0.4, -0.2) is 19.9 Å². The topological polar surface area (TPSA) is 51.6 Å². The molecule has 0 saturated carbocycles. The maximum absolute atomic E-state index is 4.77. The second kappa shape index (κ2) is 8.98. The summed E-state index contributed by atoms with van der Waals surface area (Å²) < 4.78 is 0. The molecule has 0 aliphatic heterocycles. The Morgan fingerprint density at radius 3 is 1.27 bits per heavy atom. The summed E-state index contributed by atoms with van der Waals surface area (Å²) in [5, 5.41) is 1.39. The van der Waals surface area contributed by atoms with Crippen LogP contribution in [0.1, 0.15) is 22.3 Å². The van der Waals surface area contributed by atoms with E-state index in [4.69, 9.17) is 9.97 Å².